The zero-order chi connectivity index (χ0) is 10.7. The minimum Gasteiger partial charge on any atom is -0.446 e. The van der Waals surface area contributed by atoms with E-state index in [0.29, 0.717) is 0 Å². The molecule has 0 aromatic rings. The van der Waals surface area contributed by atoms with Crippen LogP contribution in [-0.2, 0) is 9.47 Å². The number of aliphatic hydroxyl groups is 3. The first-order valence-corrected chi connectivity index (χ1v) is 5.60. The molecule has 0 unspecified atom stereocenters. The van der Waals surface area contributed by atoms with E-state index in [-0.39, 0.29) is 11.0 Å². The highest BCUT2D eigenvalue weighted by atomic mass is 32.2. The topological polar surface area (TPSA) is 79.2 Å². The standard InChI is InChI=1S/C7H12O5S2/c1-14-7(13)12-6-5(10)4(9)3(8)2-11-6/h3-6,8-10H,2H2,1H3/t3-,4-,5+,6+/m0/s1. The van der Waals surface area contributed by atoms with Crippen LogP contribution in [0.25, 0.3) is 0 Å². The predicted molar refractivity (Wildman–Crippen MR) is 55.0 cm³/mol. The Morgan fingerprint density at radius 1 is 1.43 bits per heavy atom. The van der Waals surface area contributed by atoms with Gasteiger partial charge in [0.15, 0.2) is 0 Å². The maximum absolute atomic E-state index is 9.42. The Labute approximate surface area is 91.0 Å². The summed E-state index contributed by atoms with van der Waals surface area (Å²) in [6, 6.07) is 0. The number of thioether (sulfide) groups is 1. The van der Waals surface area contributed by atoms with Crippen molar-refractivity contribution in [2.75, 3.05) is 12.9 Å². The maximum atomic E-state index is 9.42. The van der Waals surface area contributed by atoms with Crippen LogP contribution in [-0.4, -0.2) is 57.2 Å². The smallest absolute Gasteiger partial charge is 0.230 e. The number of hydrogen-bond donors (Lipinski definition) is 3. The summed E-state index contributed by atoms with van der Waals surface area (Å²) in [5.74, 6) is 0. The molecule has 5 nitrogen and oxygen atoms in total. The van der Waals surface area contributed by atoms with E-state index in [1.807, 2.05) is 0 Å². The van der Waals surface area contributed by atoms with E-state index in [1.165, 1.54) is 11.8 Å². The number of rotatable bonds is 1. The molecule has 0 bridgehead atoms. The second-order valence-electron chi connectivity index (χ2n) is 2.82. The fourth-order valence-electron chi connectivity index (χ4n) is 1.03. The van der Waals surface area contributed by atoms with Crippen molar-refractivity contribution in [3.63, 3.8) is 0 Å². The van der Waals surface area contributed by atoms with E-state index in [9.17, 15) is 10.2 Å². The van der Waals surface area contributed by atoms with E-state index >= 15 is 0 Å². The zero-order valence-corrected chi connectivity index (χ0v) is 9.12. The highest BCUT2D eigenvalue weighted by molar-refractivity contribution is 8.22. The van der Waals surface area contributed by atoms with E-state index in [2.05, 4.69) is 0 Å². The summed E-state index contributed by atoms with van der Waals surface area (Å²) in [7, 11) is 0. The molecular weight excluding hydrogens is 228 g/mol. The average Bonchev–Trinajstić information content (AvgIpc) is 2.19. The van der Waals surface area contributed by atoms with Gasteiger partial charge in [-0.1, -0.05) is 11.8 Å². The van der Waals surface area contributed by atoms with Gasteiger partial charge in [0.05, 0.1) is 6.61 Å². The molecule has 0 amide bonds. The molecule has 7 heteroatoms. The van der Waals surface area contributed by atoms with Crippen molar-refractivity contribution in [3.05, 3.63) is 0 Å². The Hall–Kier alpha value is 0.0800. The first-order valence-electron chi connectivity index (χ1n) is 3.96. The monoisotopic (exact) mass is 240 g/mol. The molecule has 0 aromatic carbocycles. The number of ether oxygens (including phenoxy) is 2. The van der Waals surface area contributed by atoms with Gasteiger partial charge in [0, 0.05) is 0 Å². The lowest BCUT2D eigenvalue weighted by molar-refractivity contribution is -0.244. The summed E-state index contributed by atoms with van der Waals surface area (Å²) in [6.45, 7) is -0.0834. The molecule has 0 radical (unpaired) electrons. The number of hydrogen-bond acceptors (Lipinski definition) is 7. The lowest BCUT2D eigenvalue weighted by Crippen LogP contribution is -2.53. The minimum absolute atomic E-state index is 0.0834. The lowest BCUT2D eigenvalue weighted by atomic mass is 10.1. The molecule has 82 valence electrons. The van der Waals surface area contributed by atoms with Crippen LogP contribution in [0.5, 0.6) is 0 Å². The van der Waals surface area contributed by atoms with Gasteiger partial charge in [-0.15, -0.1) is 0 Å². The first kappa shape index (κ1) is 12.2. The summed E-state index contributed by atoms with van der Waals surface area (Å²) >= 11 is 5.96. The van der Waals surface area contributed by atoms with Crippen LogP contribution < -0.4 is 0 Å². The summed E-state index contributed by atoms with van der Waals surface area (Å²) < 4.78 is 10.2. The summed E-state index contributed by atoms with van der Waals surface area (Å²) in [5, 5.41) is 27.8. The van der Waals surface area contributed by atoms with Gasteiger partial charge < -0.3 is 24.8 Å². The Morgan fingerprint density at radius 3 is 2.64 bits per heavy atom. The molecule has 0 saturated carbocycles. The summed E-state index contributed by atoms with van der Waals surface area (Å²) in [5.41, 5.74) is 0. The SMILES string of the molecule is CSC(=S)O[C@H]1OC[C@H](O)[C@H](O)[C@H]1O. The van der Waals surface area contributed by atoms with Gasteiger partial charge in [0.25, 0.3) is 0 Å². The maximum Gasteiger partial charge on any atom is 0.230 e. The fraction of sp³-hybridized carbons (Fsp3) is 0.857. The second-order valence-corrected chi connectivity index (χ2v) is 4.23. The van der Waals surface area contributed by atoms with Crippen molar-refractivity contribution in [1.29, 1.82) is 0 Å². The Bertz CT molecular complexity index is 212. The van der Waals surface area contributed by atoms with Crippen LogP contribution in [0, 0.1) is 0 Å². The molecule has 4 atom stereocenters. The summed E-state index contributed by atoms with van der Waals surface area (Å²) in [4.78, 5) is 0. The molecular formula is C7H12O5S2. The molecule has 0 aliphatic carbocycles. The van der Waals surface area contributed by atoms with Crippen molar-refractivity contribution >= 4 is 28.4 Å². The van der Waals surface area contributed by atoms with Gasteiger partial charge in [-0.3, -0.25) is 0 Å². The fourth-order valence-corrected chi connectivity index (χ4v) is 1.31. The summed E-state index contributed by atoms with van der Waals surface area (Å²) in [6.07, 6.45) is -2.92. The van der Waals surface area contributed by atoms with Crippen LogP contribution in [0.4, 0.5) is 0 Å². The largest absolute Gasteiger partial charge is 0.446 e. The first-order chi connectivity index (χ1) is 6.56. The van der Waals surface area contributed by atoms with Crippen LogP contribution in [0.1, 0.15) is 0 Å². The van der Waals surface area contributed by atoms with Crippen molar-refractivity contribution in [3.8, 4) is 0 Å². The highest BCUT2D eigenvalue weighted by Crippen LogP contribution is 2.18. The van der Waals surface area contributed by atoms with Crippen molar-refractivity contribution < 1.29 is 24.8 Å². The van der Waals surface area contributed by atoms with Gasteiger partial charge >= 0.3 is 0 Å². The van der Waals surface area contributed by atoms with Gasteiger partial charge in [-0.2, -0.15) is 0 Å². The van der Waals surface area contributed by atoms with Crippen molar-refractivity contribution in [2.24, 2.45) is 0 Å². The van der Waals surface area contributed by atoms with E-state index in [4.69, 9.17) is 26.8 Å². The van der Waals surface area contributed by atoms with Crippen LogP contribution in [0.15, 0.2) is 0 Å². The predicted octanol–water partition coefficient (Wildman–Crippen LogP) is -0.910. The Morgan fingerprint density at radius 2 is 2.07 bits per heavy atom. The quantitative estimate of drug-likeness (QED) is 0.512. The average molecular weight is 240 g/mol. The third-order valence-corrected chi connectivity index (χ3v) is 2.86. The van der Waals surface area contributed by atoms with Gasteiger partial charge in [-0.25, -0.2) is 0 Å². The molecule has 14 heavy (non-hydrogen) atoms. The Kier molecular flexibility index (Phi) is 4.55. The minimum atomic E-state index is -1.29. The third kappa shape index (κ3) is 2.78. The van der Waals surface area contributed by atoms with Gasteiger partial charge in [0.1, 0.15) is 18.3 Å². The van der Waals surface area contributed by atoms with E-state index in [0.717, 1.165) is 0 Å². The van der Waals surface area contributed by atoms with Crippen LogP contribution >= 0.6 is 24.0 Å². The van der Waals surface area contributed by atoms with E-state index in [1.54, 1.807) is 6.26 Å². The molecule has 1 fully saturated rings. The second kappa shape index (κ2) is 5.24. The number of thiocarbonyl (C=S) groups is 1. The molecule has 1 aliphatic heterocycles. The molecule has 1 aliphatic rings. The molecule has 0 spiro atoms. The van der Waals surface area contributed by atoms with Crippen molar-refractivity contribution in [2.45, 2.75) is 24.6 Å². The lowest BCUT2D eigenvalue weighted by Gasteiger charge is -2.34. The normalized spacial score (nSPS) is 38.0. The van der Waals surface area contributed by atoms with Crippen LogP contribution in [0.3, 0.4) is 0 Å². The number of aliphatic hydroxyl groups excluding tert-OH is 3. The van der Waals surface area contributed by atoms with Crippen molar-refractivity contribution in [1.82, 2.24) is 0 Å². The third-order valence-electron chi connectivity index (χ3n) is 1.83. The Balaban J connectivity index is 2.50. The van der Waals surface area contributed by atoms with Gasteiger partial charge in [0.2, 0.25) is 10.7 Å². The van der Waals surface area contributed by atoms with E-state index < -0.39 is 24.6 Å². The molecule has 3 N–H and O–H groups in total. The molecule has 1 saturated heterocycles. The molecule has 1 rings (SSSR count). The molecule has 1 heterocycles. The highest BCUT2D eigenvalue weighted by Gasteiger charge is 2.39. The molecule has 0 aromatic heterocycles. The van der Waals surface area contributed by atoms with Gasteiger partial charge in [-0.05, 0) is 18.5 Å². The van der Waals surface area contributed by atoms with Crippen LogP contribution in [0.2, 0.25) is 0 Å². The zero-order valence-electron chi connectivity index (χ0n) is 7.49.